The highest BCUT2D eigenvalue weighted by atomic mass is 35.5. The molecular weight excluding hydrogens is 395 g/mol. The lowest BCUT2D eigenvalue weighted by atomic mass is 9.74. The summed E-state index contributed by atoms with van der Waals surface area (Å²) < 4.78 is 7.67. The zero-order valence-electron chi connectivity index (χ0n) is 16.7. The second-order valence-electron chi connectivity index (χ2n) is 7.39. The number of aromatic nitrogens is 1. The molecule has 0 amide bonds. The van der Waals surface area contributed by atoms with E-state index in [1.165, 1.54) is 5.56 Å². The van der Waals surface area contributed by atoms with Gasteiger partial charge < -0.3 is 19.5 Å². The predicted octanol–water partition coefficient (Wildman–Crippen LogP) is 4.09. The van der Waals surface area contributed by atoms with Gasteiger partial charge in [-0.1, -0.05) is 41.4 Å². The van der Waals surface area contributed by atoms with Gasteiger partial charge in [-0.05, 0) is 30.5 Å². The molecule has 1 aliphatic rings. The molecule has 1 saturated heterocycles. The van der Waals surface area contributed by atoms with Crippen LogP contribution in [0, 0.1) is 0 Å². The number of aliphatic imine (C=N–C) groups is 1. The highest BCUT2D eigenvalue weighted by Crippen LogP contribution is 2.38. The molecule has 0 aliphatic carbocycles. The summed E-state index contributed by atoms with van der Waals surface area (Å²) in [5, 5.41) is 5.13. The number of rotatable bonds is 5. The largest absolute Gasteiger partial charge is 0.381 e. The molecular formula is C21H28Cl2N4O. The molecule has 2 heterocycles. The zero-order valence-corrected chi connectivity index (χ0v) is 18.2. The molecule has 3 rings (SSSR count). The monoisotopic (exact) mass is 422 g/mol. The SMILES string of the molecule is CN=C(NCC1(c2ccccc2Cl)CCOCC1)N(C)Cc1cc(Cl)cn1C. The number of hydrogen-bond donors (Lipinski definition) is 1. The molecule has 1 fully saturated rings. The van der Waals surface area contributed by atoms with E-state index in [9.17, 15) is 0 Å². The Kier molecular flexibility index (Phi) is 6.91. The van der Waals surface area contributed by atoms with Crippen molar-refractivity contribution in [3.05, 3.63) is 57.8 Å². The van der Waals surface area contributed by atoms with Crippen molar-refractivity contribution < 1.29 is 4.74 Å². The Bertz CT molecular complexity index is 828. The number of nitrogens with zero attached hydrogens (tertiary/aromatic N) is 3. The van der Waals surface area contributed by atoms with Gasteiger partial charge in [0.05, 0.1) is 11.6 Å². The summed E-state index contributed by atoms with van der Waals surface area (Å²) in [5.41, 5.74) is 2.24. The zero-order chi connectivity index (χ0) is 20.1. The minimum Gasteiger partial charge on any atom is -0.381 e. The van der Waals surface area contributed by atoms with Crippen molar-refractivity contribution in [2.75, 3.05) is 33.9 Å². The molecule has 1 aromatic carbocycles. The van der Waals surface area contributed by atoms with Crippen molar-refractivity contribution in [3.63, 3.8) is 0 Å². The molecule has 7 heteroatoms. The maximum atomic E-state index is 6.56. The van der Waals surface area contributed by atoms with E-state index in [1.807, 2.05) is 50.1 Å². The van der Waals surface area contributed by atoms with E-state index >= 15 is 0 Å². The summed E-state index contributed by atoms with van der Waals surface area (Å²) in [7, 11) is 5.84. The van der Waals surface area contributed by atoms with Crippen molar-refractivity contribution in [1.82, 2.24) is 14.8 Å². The molecule has 0 bridgehead atoms. The van der Waals surface area contributed by atoms with Gasteiger partial charge >= 0.3 is 0 Å². The van der Waals surface area contributed by atoms with E-state index in [4.69, 9.17) is 27.9 Å². The van der Waals surface area contributed by atoms with E-state index in [-0.39, 0.29) is 5.41 Å². The van der Waals surface area contributed by atoms with Gasteiger partial charge in [0, 0.05) is 63.2 Å². The van der Waals surface area contributed by atoms with E-state index < -0.39 is 0 Å². The quantitative estimate of drug-likeness (QED) is 0.582. The normalized spacial score (nSPS) is 16.8. The van der Waals surface area contributed by atoms with Crippen LogP contribution >= 0.6 is 23.2 Å². The third-order valence-electron chi connectivity index (χ3n) is 5.53. The van der Waals surface area contributed by atoms with Crippen molar-refractivity contribution in [2.45, 2.75) is 24.8 Å². The first-order valence-corrected chi connectivity index (χ1v) is 10.3. The molecule has 0 atom stereocenters. The Labute approximate surface area is 177 Å². The first-order chi connectivity index (χ1) is 13.4. The Morgan fingerprint density at radius 2 is 2.00 bits per heavy atom. The fourth-order valence-electron chi connectivity index (χ4n) is 3.87. The summed E-state index contributed by atoms with van der Waals surface area (Å²) in [5.74, 6) is 0.843. The van der Waals surface area contributed by atoms with Gasteiger partial charge in [-0.2, -0.15) is 0 Å². The molecule has 152 valence electrons. The smallest absolute Gasteiger partial charge is 0.193 e. The predicted molar refractivity (Wildman–Crippen MR) is 116 cm³/mol. The maximum Gasteiger partial charge on any atom is 0.193 e. The lowest BCUT2D eigenvalue weighted by Crippen LogP contribution is -2.48. The van der Waals surface area contributed by atoms with Crippen molar-refractivity contribution in [2.24, 2.45) is 12.0 Å². The summed E-state index contributed by atoms with van der Waals surface area (Å²) in [6.07, 6.45) is 3.77. The molecule has 5 nitrogen and oxygen atoms in total. The van der Waals surface area contributed by atoms with Crippen LogP contribution in [0.5, 0.6) is 0 Å². The minimum absolute atomic E-state index is 0.0678. The summed E-state index contributed by atoms with van der Waals surface area (Å²) >= 11 is 12.7. The Morgan fingerprint density at radius 3 is 2.61 bits per heavy atom. The number of nitrogens with one attached hydrogen (secondary N) is 1. The average molecular weight is 423 g/mol. The van der Waals surface area contributed by atoms with Gasteiger partial charge in [-0.15, -0.1) is 0 Å². The van der Waals surface area contributed by atoms with Crippen LogP contribution in [-0.4, -0.2) is 49.3 Å². The number of ether oxygens (including phenoxy) is 1. The number of guanidine groups is 1. The maximum absolute atomic E-state index is 6.56. The van der Waals surface area contributed by atoms with Gasteiger partial charge in [-0.25, -0.2) is 0 Å². The molecule has 1 N–H and O–H groups in total. The Morgan fingerprint density at radius 1 is 1.29 bits per heavy atom. The van der Waals surface area contributed by atoms with Crippen LogP contribution in [-0.2, 0) is 23.7 Å². The first-order valence-electron chi connectivity index (χ1n) is 9.50. The van der Waals surface area contributed by atoms with Crippen LogP contribution in [0.15, 0.2) is 41.5 Å². The number of hydrogen-bond acceptors (Lipinski definition) is 2. The van der Waals surface area contributed by atoms with Crippen LogP contribution in [0.25, 0.3) is 0 Å². The molecule has 28 heavy (non-hydrogen) atoms. The summed E-state index contributed by atoms with van der Waals surface area (Å²) in [6, 6.07) is 10.1. The lowest BCUT2D eigenvalue weighted by molar-refractivity contribution is 0.0512. The van der Waals surface area contributed by atoms with Crippen LogP contribution in [0.4, 0.5) is 0 Å². The fraction of sp³-hybridized carbons (Fsp3) is 0.476. The van der Waals surface area contributed by atoms with E-state index in [2.05, 4.69) is 27.3 Å². The highest BCUT2D eigenvalue weighted by Gasteiger charge is 2.36. The van der Waals surface area contributed by atoms with E-state index in [0.29, 0.717) is 6.54 Å². The van der Waals surface area contributed by atoms with Gasteiger partial charge in [0.1, 0.15) is 0 Å². The average Bonchev–Trinajstić information content (AvgIpc) is 3.00. The molecule has 0 saturated carbocycles. The molecule has 1 aromatic heterocycles. The summed E-state index contributed by atoms with van der Waals surface area (Å²) in [6.45, 7) is 2.95. The van der Waals surface area contributed by atoms with Crippen LogP contribution in [0.2, 0.25) is 10.0 Å². The third kappa shape index (κ3) is 4.65. The van der Waals surface area contributed by atoms with Crippen molar-refractivity contribution in [3.8, 4) is 0 Å². The van der Waals surface area contributed by atoms with Crippen LogP contribution in [0.1, 0.15) is 24.1 Å². The first kappa shape index (κ1) is 21.0. The molecule has 2 aromatic rings. The number of halogens is 2. The Hall–Kier alpha value is -1.69. The molecule has 0 spiro atoms. The summed E-state index contributed by atoms with van der Waals surface area (Å²) in [4.78, 5) is 6.58. The fourth-order valence-corrected chi connectivity index (χ4v) is 4.48. The number of benzene rings is 1. The van der Waals surface area contributed by atoms with E-state index in [1.54, 1.807) is 0 Å². The number of aryl methyl sites for hydroxylation is 1. The van der Waals surface area contributed by atoms with Gasteiger partial charge in [0.25, 0.3) is 0 Å². The molecule has 0 radical (unpaired) electrons. The van der Waals surface area contributed by atoms with Gasteiger partial charge in [-0.3, -0.25) is 4.99 Å². The van der Waals surface area contributed by atoms with Crippen LogP contribution in [0.3, 0.4) is 0 Å². The molecule has 0 unspecified atom stereocenters. The van der Waals surface area contributed by atoms with Gasteiger partial charge in [0.2, 0.25) is 0 Å². The highest BCUT2D eigenvalue weighted by molar-refractivity contribution is 6.31. The molecule has 1 aliphatic heterocycles. The third-order valence-corrected chi connectivity index (χ3v) is 6.06. The van der Waals surface area contributed by atoms with Gasteiger partial charge in [0.15, 0.2) is 5.96 Å². The van der Waals surface area contributed by atoms with Crippen LogP contribution < -0.4 is 5.32 Å². The lowest BCUT2D eigenvalue weighted by Gasteiger charge is -2.39. The topological polar surface area (TPSA) is 41.8 Å². The minimum atomic E-state index is -0.0678. The second-order valence-corrected chi connectivity index (χ2v) is 8.23. The standard InChI is InChI=1S/C21H28Cl2N4O/c1-24-20(27(3)14-17-12-16(22)13-26(17)2)25-15-21(8-10-28-11-9-21)18-6-4-5-7-19(18)23/h4-7,12-13H,8-11,14-15H2,1-3H3,(H,24,25). The van der Waals surface area contributed by atoms with Crippen molar-refractivity contribution >= 4 is 29.2 Å². The van der Waals surface area contributed by atoms with Crippen molar-refractivity contribution in [1.29, 1.82) is 0 Å². The second kappa shape index (κ2) is 9.21. The Balaban J connectivity index is 1.74. The van der Waals surface area contributed by atoms with E-state index in [0.717, 1.165) is 54.3 Å².